The first-order valence-electron chi connectivity index (χ1n) is 11.5. The predicted molar refractivity (Wildman–Crippen MR) is 135 cm³/mol. The van der Waals surface area contributed by atoms with Gasteiger partial charge in [0.2, 0.25) is 5.78 Å². The van der Waals surface area contributed by atoms with Gasteiger partial charge in [0, 0.05) is 27.3 Å². The lowest BCUT2D eigenvalue weighted by Gasteiger charge is -2.23. The maximum absolute atomic E-state index is 13.4. The number of hydrogen-bond acceptors (Lipinski definition) is 5. The SMILES string of the molecule is O=C(c1ccccc1)c1sc2cc(O)ccc2c1-c1ccc(OCCC2CCCCN2)cc1. The van der Waals surface area contributed by atoms with Crippen LogP contribution in [-0.4, -0.2) is 30.1 Å². The molecule has 0 radical (unpaired) electrons. The van der Waals surface area contributed by atoms with Gasteiger partial charge in [-0.3, -0.25) is 4.79 Å². The molecule has 33 heavy (non-hydrogen) atoms. The third kappa shape index (κ3) is 4.80. The van der Waals surface area contributed by atoms with Crippen LogP contribution in [-0.2, 0) is 0 Å². The van der Waals surface area contributed by atoms with Gasteiger partial charge in [0.25, 0.3) is 0 Å². The molecule has 5 rings (SSSR count). The highest BCUT2D eigenvalue weighted by Crippen LogP contribution is 2.41. The molecule has 5 heteroatoms. The predicted octanol–water partition coefficient (Wildman–Crippen LogP) is 6.42. The Balaban J connectivity index is 1.41. The first-order chi connectivity index (χ1) is 16.2. The maximum Gasteiger partial charge on any atom is 0.203 e. The number of phenolic OH excluding ortho intramolecular Hbond substituents is 1. The number of piperidine rings is 1. The molecule has 1 atom stereocenters. The fourth-order valence-corrected chi connectivity index (χ4v) is 5.68. The minimum atomic E-state index is -0.00778. The highest BCUT2D eigenvalue weighted by molar-refractivity contribution is 7.21. The number of ketones is 1. The van der Waals surface area contributed by atoms with Crippen molar-refractivity contribution >= 4 is 27.2 Å². The van der Waals surface area contributed by atoms with E-state index in [1.54, 1.807) is 12.1 Å². The van der Waals surface area contributed by atoms with Crippen molar-refractivity contribution in [2.45, 2.75) is 31.7 Å². The van der Waals surface area contributed by atoms with Crippen molar-refractivity contribution < 1.29 is 14.6 Å². The summed E-state index contributed by atoms with van der Waals surface area (Å²) in [6.45, 7) is 1.80. The zero-order valence-electron chi connectivity index (χ0n) is 18.4. The lowest BCUT2D eigenvalue weighted by molar-refractivity contribution is 0.104. The summed E-state index contributed by atoms with van der Waals surface area (Å²) in [5.41, 5.74) is 2.53. The molecule has 2 heterocycles. The lowest BCUT2D eigenvalue weighted by atomic mass is 9.98. The van der Waals surface area contributed by atoms with Crippen LogP contribution in [0.1, 0.15) is 40.9 Å². The van der Waals surface area contributed by atoms with Crippen LogP contribution in [0.2, 0.25) is 0 Å². The Morgan fingerprint density at radius 2 is 1.85 bits per heavy atom. The number of carbonyl (C=O) groups excluding carboxylic acids is 1. The van der Waals surface area contributed by atoms with Crippen LogP contribution in [0.25, 0.3) is 21.2 Å². The molecule has 3 aromatic carbocycles. The normalized spacial score (nSPS) is 16.1. The Morgan fingerprint density at radius 1 is 1.03 bits per heavy atom. The monoisotopic (exact) mass is 457 g/mol. The molecule has 1 aliphatic heterocycles. The molecule has 0 aliphatic carbocycles. The van der Waals surface area contributed by atoms with Gasteiger partial charge in [-0.25, -0.2) is 0 Å². The third-order valence-electron chi connectivity index (χ3n) is 6.21. The summed E-state index contributed by atoms with van der Waals surface area (Å²) in [6.07, 6.45) is 4.80. The number of aromatic hydroxyl groups is 1. The average molecular weight is 458 g/mol. The number of rotatable bonds is 7. The van der Waals surface area contributed by atoms with Crippen molar-refractivity contribution in [2.24, 2.45) is 0 Å². The summed E-state index contributed by atoms with van der Waals surface area (Å²) < 4.78 is 6.89. The number of benzene rings is 3. The van der Waals surface area contributed by atoms with E-state index in [2.05, 4.69) is 5.32 Å². The molecule has 1 unspecified atom stereocenters. The van der Waals surface area contributed by atoms with E-state index in [-0.39, 0.29) is 11.5 Å². The molecule has 0 saturated carbocycles. The van der Waals surface area contributed by atoms with Gasteiger partial charge in [-0.1, -0.05) is 48.9 Å². The van der Waals surface area contributed by atoms with Crippen molar-refractivity contribution in [3.63, 3.8) is 0 Å². The van der Waals surface area contributed by atoms with Crippen LogP contribution in [0.15, 0.2) is 72.8 Å². The Labute approximate surface area is 197 Å². The summed E-state index contributed by atoms with van der Waals surface area (Å²) in [5.74, 6) is 1.03. The van der Waals surface area contributed by atoms with Crippen molar-refractivity contribution in [3.05, 3.63) is 83.2 Å². The smallest absolute Gasteiger partial charge is 0.203 e. The Morgan fingerprint density at radius 3 is 2.61 bits per heavy atom. The quantitative estimate of drug-likeness (QED) is 0.315. The van der Waals surface area contributed by atoms with E-state index in [1.165, 1.54) is 30.6 Å². The molecule has 1 aromatic heterocycles. The molecule has 4 aromatic rings. The van der Waals surface area contributed by atoms with Crippen molar-refractivity contribution in [1.82, 2.24) is 5.32 Å². The largest absolute Gasteiger partial charge is 0.508 e. The molecule has 1 fully saturated rings. The van der Waals surface area contributed by atoms with Gasteiger partial charge >= 0.3 is 0 Å². The minimum absolute atomic E-state index is 0.00778. The summed E-state index contributed by atoms with van der Waals surface area (Å²) in [7, 11) is 0. The summed E-state index contributed by atoms with van der Waals surface area (Å²) in [4.78, 5) is 14.1. The van der Waals surface area contributed by atoms with Crippen LogP contribution in [0.4, 0.5) is 0 Å². The minimum Gasteiger partial charge on any atom is -0.508 e. The molecule has 2 N–H and O–H groups in total. The van der Waals surface area contributed by atoms with E-state index in [4.69, 9.17) is 4.74 Å². The highest BCUT2D eigenvalue weighted by atomic mass is 32.1. The second-order valence-electron chi connectivity index (χ2n) is 8.49. The van der Waals surface area contributed by atoms with Crippen LogP contribution in [0.3, 0.4) is 0 Å². The van der Waals surface area contributed by atoms with Crippen LogP contribution in [0.5, 0.6) is 11.5 Å². The molecule has 1 aliphatic rings. The van der Waals surface area contributed by atoms with E-state index in [0.29, 0.717) is 23.1 Å². The fraction of sp³-hybridized carbons (Fsp3) is 0.250. The Hall–Kier alpha value is -3.15. The van der Waals surface area contributed by atoms with Crippen molar-refractivity contribution in [3.8, 4) is 22.6 Å². The highest BCUT2D eigenvalue weighted by Gasteiger charge is 2.21. The van der Waals surface area contributed by atoms with Gasteiger partial charge in [-0.2, -0.15) is 0 Å². The zero-order valence-corrected chi connectivity index (χ0v) is 19.2. The number of nitrogens with one attached hydrogen (secondary N) is 1. The molecular formula is C28H27NO3S. The Kier molecular flexibility index (Phi) is 6.42. The lowest BCUT2D eigenvalue weighted by Crippen LogP contribution is -2.35. The number of ether oxygens (including phenoxy) is 1. The summed E-state index contributed by atoms with van der Waals surface area (Å²) >= 11 is 1.42. The first kappa shape index (κ1) is 21.7. The molecule has 0 bridgehead atoms. The van der Waals surface area contributed by atoms with Crippen LogP contribution < -0.4 is 10.1 Å². The summed E-state index contributed by atoms with van der Waals surface area (Å²) in [5, 5.41) is 14.5. The van der Waals surface area contributed by atoms with Crippen molar-refractivity contribution in [2.75, 3.05) is 13.2 Å². The number of thiophene rings is 1. The average Bonchev–Trinajstić information content (AvgIpc) is 3.23. The maximum atomic E-state index is 13.4. The number of fused-ring (bicyclic) bond motifs is 1. The first-order valence-corrected chi connectivity index (χ1v) is 12.3. The molecule has 1 saturated heterocycles. The van der Waals surface area contributed by atoms with E-state index in [0.717, 1.165) is 39.9 Å². The number of carbonyl (C=O) groups is 1. The molecule has 0 amide bonds. The van der Waals surface area contributed by atoms with Gasteiger partial charge in [0.1, 0.15) is 11.5 Å². The van der Waals surface area contributed by atoms with E-state index < -0.39 is 0 Å². The van der Waals surface area contributed by atoms with Crippen molar-refractivity contribution in [1.29, 1.82) is 0 Å². The van der Waals surface area contributed by atoms with E-state index >= 15 is 0 Å². The van der Waals surface area contributed by atoms with Gasteiger partial charge in [-0.15, -0.1) is 11.3 Å². The third-order valence-corrected chi connectivity index (χ3v) is 7.36. The topological polar surface area (TPSA) is 58.6 Å². The van der Waals surface area contributed by atoms with Crippen LogP contribution >= 0.6 is 11.3 Å². The molecule has 0 spiro atoms. The molecule has 4 nitrogen and oxygen atoms in total. The van der Waals surface area contributed by atoms with Gasteiger partial charge in [0.15, 0.2) is 0 Å². The van der Waals surface area contributed by atoms with Crippen LogP contribution in [0, 0.1) is 0 Å². The van der Waals surface area contributed by atoms with E-state index in [1.807, 2.05) is 60.7 Å². The Bertz CT molecular complexity index is 1240. The van der Waals surface area contributed by atoms with Gasteiger partial charge in [0.05, 0.1) is 11.5 Å². The fourth-order valence-electron chi connectivity index (χ4n) is 4.46. The summed E-state index contributed by atoms with van der Waals surface area (Å²) in [6, 6.07) is 23.2. The molecular weight excluding hydrogens is 430 g/mol. The second kappa shape index (κ2) is 9.77. The standard InChI is InChI=1S/C28H27NO3S/c30-22-11-14-24-25(18-22)33-28(27(31)20-6-2-1-3-7-20)26(24)19-9-12-23(13-10-19)32-17-15-21-8-4-5-16-29-21/h1-3,6-7,9-14,18,21,29-30H,4-5,8,15-17H2. The zero-order chi connectivity index (χ0) is 22.6. The number of hydrogen-bond donors (Lipinski definition) is 2. The van der Waals surface area contributed by atoms with Gasteiger partial charge < -0.3 is 15.2 Å². The molecule has 168 valence electrons. The number of phenols is 1. The van der Waals surface area contributed by atoms with E-state index in [9.17, 15) is 9.90 Å². The second-order valence-corrected chi connectivity index (χ2v) is 9.54. The van der Waals surface area contributed by atoms with Gasteiger partial charge in [-0.05, 0) is 61.7 Å².